The van der Waals surface area contributed by atoms with E-state index in [0.717, 1.165) is 13.1 Å². The molecule has 1 amide bonds. The maximum absolute atomic E-state index is 12.4. The number of rotatable bonds is 5. The van der Waals surface area contributed by atoms with Gasteiger partial charge in [0.2, 0.25) is 10.0 Å². The molecular formula is C15H21N3O5S. The Kier molecular flexibility index (Phi) is 5.04. The molecule has 132 valence electrons. The van der Waals surface area contributed by atoms with Crippen LogP contribution in [0.3, 0.4) is 0 Å². The lowest BCUT2D eigenvalue weighted by Gasteiger charge is -2.26. The summed E-state index contributed by atoms with van der Waals surface area (Å²) in [6.07, 6.45) is -0.591. The minimum Gasteiger partial charge on any atom is -0.479 e. The van der Waals surface area contributed by atoms with Gasteiger partial charge in [-0.2, -0.15) is 0 Å². The molecule has 2 heterocycles. The van der Waals surface area contributed by atoms with E-state index >= 15 is 0 Å². The summed E-state index contributed by atoms with van der Waals surface area (Å²) in [6.45, 7) is 5.55. The molecule has 0 saturated carbocycles. The molecule has 1 atom stereocenters. The molecule has 0 spiro atoms. The second-order valence-corrected chi connectivity index (χ2v) is 7.53. The summed E-state index contributed by atoms with van der Waals surface area (Å²) in [5, 5.41) is 2.65. The Balaban J connectivity index is 1.64. The molecule has 1 aromatic carbocycles. The summed E-state index contributed by atoms with van der Waals surface area (Å²) in [5.41, 5.74) is 0.370. The number of ether oxygens (including phenoxy) is 2. The van der Waals surface area contributed by atoms with Crippen LogP contribution < -0.4 is 14.8 Å². The monoisotopic (exact) mass is 355 g/mol. The van der Waals surface area contributed by atoms with Gasteiger partial charge in [-0.1, -0.05) is 0 Å². The van der Waals surface area contributed by atoms with Crippen molar-refractivity contribution in [1.82, 2.24) is 9.62 Å². The zero-order valence-electron chi connectivity index (χ0n) is 13.4. The Morgan fingerprint density at radius 1 is 1.33 bits per heavy atom. The van der Waals surface area contributed by atoms with E-state index in [1.165, 1.54) is 12.1 Å². The SMILES string of the molecule is C[C@@H]1Oc2ccc(S(=O)(=O)NCCN3CCOCC3)cc2NC1=O. The average Bonchev–Trinajstić information content (AvgIpc) is 2.56. The summed E-state index contributed by atoms with van der Waals surface area (Å²) in [4.78, 5) is 13.9. The van der Waals surface area contributed by atoms with Crippen molar-refractivity contribution < 1.29 is 22.7 Å². The summed E-state index contributed by atoms with van der Waals surface area (Å²) in [6, 6.07) is 4.44. The number of benzene rings is 1. The van der Waals surface area contributed by atoms with E-state index in [4.69, 9.17) is 9.47 Å². The Morgan fingerprint density at radius 3 is 2.83 bits per heavy atom. The Labute approximate surface area is 141 Å². The number of fused-ring (bicyclic) bond motifs is 1. The lowest BCUT2D eigenvalue weighted by molar-refractivity contribution is -0.122. The van der Waals surface area contributed by atoms with Crippen molar-refractivity contribution in [3.05, 3.63) is 18.2 Å². The summed E-state index contributed by atoms with van der Waals surface area (Å²) >= 11 is 0. The van der Waals surface area contributed by atoms with Gasteiger partial charge in [-0.3, -0.25) is 9.69 Å². The number of hydrogen-bond acceptors (Lipinski definition) is 6. The number of anilines is 1. The standard InChI is InChI=1S/C15H21N3O5S/c1-11-15(19)17-13-10-12(2-3-14(13)23-11)24(20,21)16-4-5-18-6-8-22-9-7-18/h2-3,10-11,16H,4-9H2,1H3,(H,17,19)/t11-/m0/s1. The molecule has 0 bridgehead atoms. The average molecular weight is 355 g/mol. The first-order chi connectivity index (χ1) is 11.5. The third-order valence-electron chi connectivity index (χ3n) is 4.02. The smallest absolute Gasteiger partial charge is 0.265 e. The lowest BCUT2D eigenvalue weighted by Crippen LogP contribution is -2.41. The summed E-state index contributed by atoms with van der Waals surface area (Å²) in [5.74, 6) is 0.173. The van der Waals surface area contributed by atoms with Gasteiger partial charge < -0.3 is 14.8 Å². The number of nitrogens with zero attached hydrogens (tertiary/aromatic N) is 1. The molecule has 0 aromatic heterocycles. The van der Waals surface area contributed by atoms with E-state index in [1.807, 2.05) is 0 Å². The maximum atomic E-state index is 12.4. The molecule has 0 radical (unpaired) electrons. The number of carbonyl (C=O) groups excluding carboxylic acids is 1. The van der Waals surface area contributed by atoms with E-state index in [1.54, 1.807) is 13.0 Å². The highest BCUT2D eigenvalue weighted by Crippen LogP contribution is 2.31. The molecule has 2 N–H and O–H groups in total. The molecule has 1 saturated heterocycles. The highest BCUT2D eigenvalue weighted by molar-refractivity contribution is 7.89. The van der Waals surface area contributed by atoms with Gasteiger partial charge >= 0.3 is 0 Å². The fourth-order valence-corrected chi connectivity index (χ4v) is 3.65. The van der Waals surface area contributed by atoms with E-state index in [0.29, 0.717) is 37.7 Å². The second kappa shape index (κ2) is 7.06. The van der Waals surface area contributed by atoms with Gasteiger partial charge in [0.05, 0.1) is 23.8 Å². The van der Waals surface area contributed by atoms with Crippen molar-refractivity contribution in [2.24, 2.45) is 0 Å². The van der Waals surface area contributed by atoms with Crippen LogP contribution in [0.2, 0.25) is 0 Å². The minimum absolute atomic E-state index is 0.0988. The van der Waals surface area contributed by atoms with Crippen LogP contribution in [0.1, 0.15) is 6.92 Å². The van der Waals surface area contributed by atoms with Crippen molar-refractivity contribution in [3.63, 3.8) is 0 Å². The van der Waals surface area contributed by atoms with Gasteiger partial charge in [0.1, 0.15) is 5.75 Å². The molecular weight excluding hydrogens is 334 g/mol. The number of amides is 1. The van der Waals surface area contributed by atoms with Crippen LogP contribution in [0.4, 0.5) is 5.69 Å². The number of hydrogen-bond donors (Lipinski definition) is 2. The minimum atomic E-state index is -3.64. The second-order valence-electron chi connectivity index (χ2n) is 5.76. The fourth-order valence-electron chi connectivity index (χ4n) is 2.60. The number of sulfonamides is 1. The first-order valence-corrected chi connectivity index (χ1v) is 9.35. The van der Waals surface area contributed by atoms with Gasteiger partial charge in [0.15, 0.2) is 6.10 Å². The van der Waals surface area contributed by atoms with Crippen LogP contribution in [-0.4, -0.2) is 64.7 Å². The Hall–Kier alpha value is -1.68. The van der Waals surface area contributed by atoms with E-state index < -0.39 is 16.1 Å². The van der Waals surface area contributed by atoms with E-state index in [2.05, 4.69) is 14.9 Å². The Bertz CT molecular complexity index is 716. The molecule has 0 aliphatic carbocycles. The van der Waals surface area contributed by atoms with Crippen molar-refractivity contribution in [2.75, 3.05) is 44.7 Å². The third kappa shape index (κ3) is 3.86. The van der Waals surface area contributed by atoms with Gasteiger partial charge in [-0.05, 0) is 25.1 Å². The van der Waals surface area contributed by atoms with Gasteiger partial charge in [0, 0.05) is 26.2 Å². The topological polar surface area (TPSA) is 97.0 Å². The Morgan fingerprint density at radius 2 is 2.08 bits per heavy atom. The molecule has 0 unspecified atom stereocenters. The zero-order valence-corrected chi connectivity index (χ0v) is 14.3. The van der Waals surface area contributed by atoms with Crippen molar-refractivity contribution in [1.29, 1.82) is 0 Å². The first kappa shape index (κ1) is 17.2. The molecule has 9 heteroatoms. The molecule has 24 heavy (non-hydrogen) atoms. The van der Waals surface area contributed by atoms with Crippen LogP contribution in [0.5, 0.6) is 5.75 Å². The molecule has 1 aromatic rings. The predicted molar refractivity (Wildman–Crippen MR) is 87.6 cm³/mol. The number of morpholine rings is 1. The van der Waals surface area contributed by atoms with Crippen LogP contribution >= 0.6 is 0 Å². The third-order valence-corrected chi connectivity index (χ3v) is 5.47. The van der Waals surface area contributed by atoms with E-state index in [-0.39, 0.29) is 10.8 Å². The summed E-state index contributed by atoms with van der Waals surface area (Å²) in [7, 11) is -3.64. The van der Waals surface area contributed by atoms with Crippen molar-refractivity contribution in [3.8, 4) is 5.75 Å². The first-order valence-electron chi connectivity index (χ1n) is 7.87. The maximum Gasteiger partial charge on any atom is 0.265 e. The molecule has 2 aliphatic rings. The predicted octanol–water partition coefficient (Wildman–Crippen LogP) is 0.0165. The quantitative estimate of drug-likeness (QED) is 0.773. The summed E-state index contributed by atoms with van der Waals surface area (Å²) < 4.78 is 38.1. The highest BCUT2D eigenvalue weighted by Gasteiger charge is 2.25. The zero-order chi connectivity index (χ0) is 17.2. The molecule has 3 rings (SSSR count). The van der Waals surface area contributed by atoms with Gasteiger partial charge in [0.25, 0.3) is 5.91 Å². The number of nitrogens with one attached hydrogen (secondary N) is 2. The van der Waals surface area contributed by atoms with Crippen molar-refractivity contribution >= 4 is 21.6 Å². The molecule has 1 fully saturated rings. The van der Waals surface area contributed by atoms with Crippen LogP contribution in [0.25, 0.3) is 0 Å². The van der Waals surface area contributed by atoms with Gasteiger partial charge in [-0.15, -0.1) is 0 Å². The van der Waals surface area contributed by atoms with Gasteiger partial charge in [-0.25, -0.2) is 13.1 Å². The lowest BCUT2D eigenvalue weighted by atomic mass is 10.2. The molecule has 2 aliphatic heterocycles. The largest absolute Gasteiger partial charge is 0.479 e. The van der Waals surface area contributed by atoms with Crippen molar-refractivity contribution in [2.45, 2.75) is 17.9 Å². The normalized spacial score (nSPS) is 21.7. The van der Waals surface area contributed by atoms with Crippen LogP contribution in [0.15, 0.2) is 23.1 Å². The number of carbonyl (C=O) groups is 1. The van der Waals surface area contributed by atoms with Crippen LogP contribution in [-0.2, 0) is 19.6 Å². The highest BCUT2D eigenvalue weighted by atomic mass is 32.2. The molecule has 8 nitrogen and oxygen atoms in total. The van der Waals surface area contributed by atoms with Crippen LogP contribution in [0, 0.1) is 0 Å². The van der Waals surface area contributed by atoms with E-state index in [9.17, 15) is 13.2 Å². The fraction of sp³-hybridized carbons (Fsp3) is 0.533.